The van der Waals surface area contributed by atoms with Crippen LogP contribution in [0.3, 0.4) is 0 Å². The fourth-order valence-electron chi connectivity index (χ4n) is 3.92. The first-order valence-corrected chi connectivity index (χ1v) is 13.7. The molecule has 0 aliphatic rings. The van der Waals surface area contributed by atoms with Gasteiger partial charge in [0.1, 0.15) is 5.78 Å². The minimum Gasteiger partial charge on any atom is -0.493 e. The van der Waals surface area contributed by atoms with Crippen LogP contribution in [-0.4, -0.2) is 42.0 Å². The van der Waals surface area contributed by atoms with Crippen molar-refractivity contribution in [1.29, 1.82) is 0 Å². The van der Waals surface area contributed by atoms with E-state index in [0.29, 0.717) is 34.7 Å². The van der Waals surface area contributed by atoms with Crippen molar-refractivity contribution in [2.75, 3.05) is 52.2 Å². The number of hydrogen-bond acceptors (Lipinski definition) is 7. The van der Waals surface area contributed by atoms with Gasteiger partial charge in [-0.05, 0) is 60.5 Å². The molecular weight excluding hydrogens is 475 g/mol. The van der Waals surface area contributed by atoms with Gasteiger partial charge < -0.3 is 29.0 Å². The van der Waals surface area contributed by atoms with Gasteiger partial charge in [-0.15, -0.1) is 0 Å². The number of hydrogen-bond donors (Lipinski definition) is 1. The van der Waals surface area contributed by atoms with Crippen LogP contribution in [0.5, 0.6) is 17.2 Å². The monoisotopic (exact) mass is 512 g/mol. The molecule has 0 saturated heterocycles. The number of anilines is 2. The maximum atomic E-state index is 15.0. The van der Waals surface area contributed by atoms with Crippen molar-refractivity contribution < 1.29 is 23.3 Å². The van der Waals surface area contributed by atoms with E-state index in [1.165, 1.54) is 0 Å². The van der Waals surface area contributed by atoms with E-state index < -0.39 is 13.2 Å². The number of unbranched alkanes of at least 4 members (excludes halogenated alkanes) is 1. The topological polar surface area (TPSA) is 69.3 Å². The zero-order valence-electron chi connectivity index (χ0n) is 22.0. The minimum atomic E-state index is -3.51. The van der Waals surface area contributed by atoms with Crippen LogP contribution in [0.25, 0.3) is 0 Å². The van der Waals surface area contributed by atoms with Crippen LogP contribution in [0.1, 0.15) is 31.1 Å². The molecule has 0 saturated carbocycles. The molecule has 7 nitrogen and oxygen atoms in total. The predicted molar refractivity (Wildman–Crippen MR) is 148 cm³/mol. The summed E-state index contributed by atoms with van der Waals surface area (Å²) in [6, 6.07) is 21.0. The van der Waals surface area contributed by atoms with E-state index in [2.05, 4.69) is 12.2 Å². The SMILES string of the molecule is CCCCO[P@](=O)(c1ccc(N(C)C)cc1)[C@@H](Nc1ccccc1)c1cc(OC)c(OC)c(OC)c1. The molecule has 3 rings (SSSR count). The summed E-state index contributed by atoms with van der Waals surface area (Å²) < 4.78 is 38.1. The fraction of sp³-hybridized carbons (Fsp3) is 0.357. The number of para-hydroxylation sites is 1. The van der Waals surface area contributed by atoms with E-state index in [1.54, 1.807) is 21.3 Å². The lowest BCUT2D eigenvalue weighted by molar-refractivity contribution is 0.307. The number of methoxy groups -OCH3 is 3. The Morgan fingerprint density at radius 2 is 1.50 bits per heavy atom. The second kappa shape index (κ2) is 12.7. The Morgan fingerprint density at radius 1 is 0.889 bits per heavy atom. The van der Waals surface area contributed by atoms with Crippen LogP contribution in [-0.2, 0) is 9.09 Å². The predicted octanol–water partition coefficient (Wildman–Crippen LogP) is 6.31. The van der Waals surface area contributed by atoms with Gasteiger partial charge in [-0.2, -0.15) is 0 Å². The molecule has 0 spiro atoms. The molecule has 1 N–H and O–H groups in total. The standard InChI is InChI=1S/C28H37N2O5P/c1-7-8-18-35-36(31,24-16-14-23(15-17-24)30(2)3)28(29-22-12-10-9-11-13-22)21-19-25(32-4)27(34-6)26(20-21)33-5/h9-17,19-20,28-29H,7-8,18H2,1-6H3/t28-,36-/m1/s1. The van der Waals surface area contributed by atoms with Crippen molar-refractivity contribution in [3.63, 3.8) is 0 Å². The lowest BCUT2D eigenvalue weighted by Crippen LogP contribution is -2.21. The number of nitrogens with zero attached hydrogens (tertiary/aromatic N) is 1. The summed E-state index contributed by atoms with van der Waals surface area (Å²) in [6.07, 6.45) is 1.73. The highest BCUT2D eigenvalue weighted by Gasteiger charge is 2.39. The third-order valence-electron chi connectivity index (χ3n) is 5.93. The molecular formula is C28H37N2O5P. The van der Waals surface area contributed by atoms with Crippen molar-refractivity contribution in [3.8, 4) is 17.2 Å². The van der Waals surface area contributed by atoms with Gasteiger partial charge in [0, 0.05) is 30.8 Å². The van der Waals surface area contributed by atoms with Crippen LogP contribution in [0.4, 0.5) is 11.4 Å². The number of nitrogens with one attached hydrogen (secondary N) is 1. The summed E-state index contributed by atoms with van der Waals surface area (Å²) >= 11 is 0. The van der Waals surface area contributed by atoms with E-state index in [1.807, 2.05) is 85.7 Å². The van der Waals surface area contributed by atoms with Crippen LogP contribution in [0, 0.1) is 0 Å². The maximum Gasteiger partial charge on any atom is 0.258 e. The van der Waals surface area contributed by atoms with Gasteiger partial charge in [0.25, 0.3) is 7.37 Å². The van der Waals surface area contributed by atoms with E-state index in [-0.39, 0.29) is 0 Å². The van der Waals surface area contributed by atoms with Gasteiger partial charge in [0.2, 0.25) is 5.75 Å². The molecule has 0 amide bonds. The second-order valence-electron chi connectivity index (χ2n) is 8.57. The summed E-state index contributed by atoms with van der Waals surface area (Å²) in [5.41, 5.74) is 2.53. The Balaban J connectivity index is 2.22. The molecule has 0 aliphatic heterocycles. The average molecular weight is 513 g/mol. The van der Waals surface area contributed by atoms with Gasteiger partial charge in [0.15, 0.2) is 11.5 Å². The molecule has 0 heterocycles. The van der Waals surface area contributed by atoms with Crippen molar-refractivity contribution >= 4 is 24.0 Å². The number of ether oxygens (including phenoxy) is 3. The lowest BCUT2D eigenvalue weighted by atomic mass is 10.1. The smallest absolute Gasteiger partial charge is 0.258 e. The van der Waals surface area contributed by atoms with Gasteiger partial charge in [0.05, 0.1) is 27.9 Å². The largest absolute Gasteiger partial charge is 0.493 e. The normalized spacial score (nSPS) is 13.4. The fourth-order valence-corrected chi connectivity index (χ4v) is 6.34. The number of benzene rings is 3. The first-order chi connectivity index (χ1) is 17.4. The zero-order chi connectivity index (χ0) is 26.1. The Hall–Kier alpha value is -3.15. The molecule has 8 heteroatoms. The van der Waals surface area contributed by atoms with Crippen molar-refractivity contribution in [2.45, 2.75) is 25.5 Å². The third-order valence-corrected chi connectivity index (χ3v) is 8.62. The van der Waals surface area contributed by atoms with Crippen molar-refractivity contribution in [3.05, 3.63) is 72.3 Å². The summed E-state index contributed by atoms with van der Waals surface area (Å²) in [7, 11) is 5.13. The molecule has 0 radical (unpaired) electrons. The first-order valence-electron chi connectivity index (χ1n) is 12.0. The Morgan fingerprint density at radius 3 is 2.00 bits per heavy atom. The minimum absolute atomic E-state index is 0.376. The van der Waals surface area contributed by atoms with E-state index in [9.17, 15) is 0 Å². The van der Waals surface area contributed by atoms with Crippen molar-refractivity contribution in [2.24, 2.45) is 0 Å². The Bertz CT molecular complexity index is 1130. The summed E-state index contributed by atoms with van der Waals surface area (Å²) in [5.74, 6) is 0.722. The molecule has 2 atom stereocenters. The molecule has 36 heavy (non-hydrogen) atoms. The highest BCUT2D eigenvalue weighted by molar-refractivity contribution is 7.67. The molecule has 0 aromatic heterocycles. The highest BCUT2D eigenvalue weighted by atomic mass is 31.2. The number of rotatable bonds is 13. The zero-order valence-corrected chi connectivity index (χ0v) is 22.9. The van der Waals surface area contributed by atoms with Gasteiger partial charge in [-0.25, -0.2) is 0 Å². The Labute approximate surface area is 214 Å². The van der Waals surface area contributed by atoms with Crippen LogP contribution in [0.2, 0.25) is 0 Å². The van der Waals surface area contributed by atoms with Crippen LogP contribution in [0.15, 0.2) is 66.7 Å². The van der Waals surface area contributed by atoms with Crippen molar-refractivity contribution in [1.82, 2.24) is 0 Å². The average Bonchev–Trinajstić information content (AvgIpc) is 2.91. The van der Waals surface area contributed by atoms with E-state index in [0.717, 1.165) is 24.2 Å². The maximum absolute atomic E-state index is 15.0. The lowest BCUT2D eigenvalue weighted by Gasteiger charge is -2.31. The summed E-state index contributed by atoms with van der Waals surface area (Å²) in [5, 5.41) is 4.12. The molecule has 0 aliphatic carbocycles. The Kier molecular flexibility index (Phi) is 9.68. The van der Waals surface area contributed by atoms with Crippen LogP contribution < -0.4 is 29.7 Å². The molecule has 0 unspecified atom stereocenters. The van der Waals surface area contributed by atoms with Gasteiger partial charge >= 0.3 is 0 Å². The van der Waals surface area contributed by atoms with E-state index >= 15 is 4.57 Å². The highest BCUT2D eigenvalue weighted by Crippen LogP contribution is 2.60. The summed E-state index contributed by atoms with van der Waals surface area (Å²) in [6.45, 7) is 2.46. The molecule has 3 aromatic carbocycles. The second-order valence-corrected chi connectivity index (χ2v) is 11.1. The first kappa shape index (κ1) is 27.4. The quantitative estimate of drug-likeness (QED) is 0.213. The van der Waals surface area contributed by atoms with Crippen LogP contribution >= 0.6 is 7.37 Å². The third kappa shape index (κ3) is 6.15. The molecule has 3 aromatic rings. The molecule has 0 bridgehead atoms. The molecule has 194 valence electrons. The van der Waals surface area contributed by atoms with Gasteiger partial charge in [-0.1, -0.05) is 31.5 Å². The summed E-state index contributed by atoms with van der Waals surface area (Å²) in [4.78, 5) is 2.01. The molecule has 0 fully saturated rings. The van der Waals surface area contributed by atoms with Gasteiger partial charge in [-0.3, -0.25) is 4.57 Å². The van der Waals surface area contributed by atoms with E-state index in [4.69, 9.17) is 18.7 Å².